The summed E-state index contributed by atoms with van der Waals surface area (Å²) in [7, 11) is -3.88. The molecule has 0 radical (unpaired) electrons. The molecule has 0 aliphatic rings. The summed E-state index contributed by atoms with van der Waals surface area (Å²) in [6, 6.07) is 11.2. The van der Waals surface area contributed by atoms with E-state index in [0.717, 1.165) is 12.1 Å². The van der Waals surface area contributed by atoms with Crippen LogP contribution in [0.5, 0.6) is 0 Å². The quantitative estimate of drug-likeness (QED) is 0.754. The minimum absolute atomic E-state index is 0.0363. The molecule has 0 saturated carbocycles. The molecule has 25 heavy (non-hydrogen) atoms. The number of rotatable bonds is 8. The van der Waals surface area contributed by atoms with Crippen molar-refractivity contribution in [2.75, 3.05) is 6.54 Å². The maximum absolute atomic E-state index is 13.1. The summed E-state index contributed by atoms with van der Waals surface area (Å²) < 4.78 is 39.9. The smallest absolute Gasteiger partial charge is 0.303 e. The number of nitrogens with zero attached hydrogens (tertiary/aromatic N) is 1. The molecule has 8 heteroatoms. The molecule has 0 unspecified atom stereocenters. The second-order valence-electron chi connectivity index (χ2n) is 5.42. The minimum Gasteiger partial charge on any atom is -0.481 e. The third-order valence-corrected chi connectivity index (χ3v) is 5.63. The zero-order chi connectivity index (χ0) is 18.4. The molecule has 0 spiro atoms. The van der Waals surface area contributed by atoms with Crippen LogP contribution in [0.3, 0.4) is 0 Å². The summed E-state index contributed by atoms with van der Waals surface area (Å²) in [4.78, 5) is 10.7. The number of sulfonamides is 1. The predicted octanol–water partition coefficient (Wildman–Crippen LogP) is 3.53. The molecule has 0 fully saturated rings. The van der Waals surface area contributed by atoms with Crippen molar-refractivity contribution in [3.05, 3.63) is 64.9 Å². The van der Waals surface area contributed by atoms with Crippen molar-refractivity contribution in [1.29, 1.82) is 0 Å². The third-order valence-electron chi connectivity index (χ3n) is 3.52. The molecular formula is C17H17ClFNO4S. The molecule has 2 rings (SSSR count). The van der Waals surface area contributed by atoms with Crippen molar-refractivity contribution in [3.63, 3.8) is 0 Å². The Morgan fingerprint density at radius 3 is 2.24 bits per heavy atom. The lowest BCUT2D eigenvalue weighted by Gasteiger charge is -2.22. The largest absolute Gasteiger partial charge is 0.481 e. The van der Waals surface area contributed by atoms with Crippen molar-refractivity contribution >= 4 is 27.6 Å². The molecular weight excluding hydrogens is 369 g/mol. The SMILES string of the molecule is O=C(O)CCCN(Cc1ccc(Cl)cc1)S(=O)(=O)c1ccc(F)cc1. The highest BCUT2D eigenvalue weighted by molar-refractivity contribution is 7.89. The van der Waals surface area contributed by atoms with Crippen LogP contribution in [0.15, 0.2) is 53.4 Å². The molecule has 0 amide bonds. The van der Waals surface area contributed by atoms with E-state index in [9.17, 15) is 17.6 Å². The Morgan fingerprint density at radius 1 is 1.08 bits per heavy atom. The summed E-state index contributed by atoms with van der Waals surface area (Å²) in [5.74, 6) is -1.53. The molecule has 0 saturated heterocycles. The van der Waals surface area contributed by atoms with Crippen molar-refractivity contribution in [1.82, 2.24) is 4.31 Å². The molecule has 134 valence electrons. The van der Waals surface area contributed by atoms with Crippen LogP contribution in [0.1, 0.15) is 18.4 Å². The number of benzene rings is 2. The number of hydrogen-bond acceptors (Lipinski definition) is 3. The normalized spacial score (nSPS) is 11.6. The first-order valence-electron chi connectivity index (χ1n) is 7.51. The van der Waals surface area contributed by atoms with Gasteiger partial charge in [0.2, 0.25) is 10.0 Å². The highest BCUT2D eigenvalue weighted by Crippen LogP contribution is 2.20. The van der Waals surface area contributed by atoms with Crippen LogP contribution in [0.2, 0.25) is 5.02 Å². The van der Waals surface area contributed by atoms with E-state index in [4.69, 9.17) is 16.7 Å². The Bertz CT molecular complexity index is 823. The molecule has 0 heterocycles. The molecule has 0 aromatic heterocycles. The van der Waals surface area contributed by atoms with Gasteiger partial charge in [0, 0.05) is 24.5 Å². The van der Waals surface area contributed by atoms with Gasteiger partial charge in [0.05, 0.1) is 4.90 Å². The number of carboxylic acids is 1. The Labute approximate surface area is 150 Å². The molecule has 2 aromatic rings. The fraction of sp³-hybridized carbons (Fsp3) is 0.235. The summed E-state index contributed by atoms with van der Waals surface area (Å²) in [5.41, 5.74) is 0.713. The fourth-order valence-corrected chi connectivity index (χ4v) is 3.83. The lowest BCUT2D eigenvalue weighted by molar-refractivity contribution is -0.137. The van der Waals surface area contributed by atoms with Gasteiger partial charge in [-0.15, -0.1) is 0 Å². The van der Waals surface area contributed by atoms with E-state index >= 15 is 0 Å². The molecule has 0 atom stereocenters. The fourth-order valence-electron chi connectivity index (χ4n) is 2.24. The highest BCUT2D eigenvalue weighted by atomic mass is 35.5. The van der Waals surface area contributed by atoms with Crippen molar-refractivity contribution in [3.8, 4) is 0 Å². The zero-order valence-corrected chi connectivity index (χ0v) is 14.8. The topological polar surface area (TPSA) is 74.7 Å². The van der Waals surface area contributed by atoms with E-state index in [1.807, 2.05) is 0 Å². The van der Waals surface area contributed by atoms with Crippen LogP contribution in [0.4, 0.5) is 4.39 Å². The number of hydrogen-bond donors (Lipinski definition) is 1. The van der Waals surface area contributed by atoms with Gasteiger partial charge in [-0.2, -0.15) is 4.31 Å². The van der Waals surface area contributed by atoms with E-state index in [2.05, 4.69) is 0 Å². The Hall–Kier alpha value is -1.96. The predicted molar refractivity (Wildman–Crippen MR) is 92.3 cm³/mol. The van der Waals surface area contributed by atoms with Gasteiger partial charge < -0.3 is 5.11 Å². The van der Waals surface area contributed by atoms with E-state index in [1.54, 1.807) is 24.3 Å². The molecule has 2 aromatic carbocycles. The van der Waals surface area contributed by atoms with Gasteiger partial charge in [0.1, 0.15) is 5.82 Å². The van der Waals surface area contributed by atoms with Gasteiger partial charge >= 0.3 is 5.97 Å². The van der Waals surface area contributed by atoms with Gasteiger partial charge in [0.25, 0.3) is 0 Å². The lowest BCUT2D eigenvalue weighted by Crippen LogP contribution is -2.32. The van der Waals surface area contributed by atoms with Crippen LogP contribution < -0.4 is 0 Å². The summed E-state index contributed by atoms with van der Waals surface area (Å²) in [5, 5.41) is 9.30. The number of halogens is 2. The Balaban J connectivity index is 2.26. The Kier molecular flexibility index (Phi) is 6.52. The van der Waals surface area contributed by atoms with E-state index < -0.39 is 21.8 Å². The maximum Gasteiger partial charge on any atom is 0.303 e. The monoisotopic (exact) mass is 385 g/mol. The minimum atomic E-state index is -3.88. The van der Waals surface area contributed by atoms with E-state index in [-0.39, 0.29) is 30.8 Å². The average Bonchev–Trinajstić information content (AvgIpc) is 2.56. The summed E-state index contributed by atoms with van der Waals surface area (Å²) >= 11 is 5.83. The number of carbonyl (C=O) groups is 1. The summed E-state index contributed by atoms with van der Waals surface area (Å²) in [6.45, 7) is 0.102. The van der Waals surface area contributed by atoms with E-state index in [1.165, 1.54) is 16.4 Å². The van der Waals surface area contributed by atoms with Crippen molar-refractivity contribution in [2.24, 2.45) is 0 Å². The standard InChI is InChI=1S/C17H17ClFNO4S/c18-14-5-3-13(4-6-14)12-20(11-1-2-17(21)22)25(23,24)16-9-7-15(19)8-10-16/h3-10H,1-2,11-12H2,(H,21,22). The first-order valence-corrected chi connectivity index (χ1v) is 9.33. The van der Waals surface area contributed by atoms with Gasteiger partial charge in [-0.25, -0.2) is 12.8 Å². The second-order valence-corrected chi connectivity index (χ2v) is 7.79. The van der Waals surface area contributed by atoms with Gasteiger partial charge in [-0.1, -0.05) is 23.7 Å². The number of carboxylic acid groups (broad SMARTS) is 1. The molecule has 0 aliphatic carbocycles. The lowest BCUT2D eigenvalue weighted by atomic mass is 10.2. The maximum atomic E-state index is 13.1. The van der Waals surface area contributed by atoms with Crippen molar-refractivity contribution in [2.45, 2.75) is 24.3 Å². The molecule has 0 aliphatic heterocycles. The third kappa shape index (κ3) is 5.52. The Morgan fingerprint density at radius 2 is 1.68 bits per heavy atom. The van der Waals surface area contributed by atoms with Crippen LogP contribution in [0.25, 0.3) is 0 Å². The zero-order valence-electron chi connectivity index (χ0n) is 13.2. The molecule has 1 N–H and O–H groups in total. The van der Waals surface area contributed by atoms with Gasteiger partial charge in [-0.3, -0.25) is 4.79 Å². The summed E-state index contributed by atoms with van der Waals surface area (Å²) in [6.07, 6.45) is 0.0272. The van der Waals surface area contributed by atoms with Gasteiger partial charge in [0.15, 0.2) is 0 Å². The highest BCUT2D eigenvalue weighted by Gasteiger charge is 2.24. The first kappa shape index (κ1) is 19.4. The molecule has 0 bridgehead atoms. The number of aliphatic carboxylic acids is 1. The van der Waals surface area contributed by atoms with Crippen LogP contribution in [-0.2, 0) is 21.4 Å². The van der Waals surface area contributed by atoms with Crippen LogP contribution in [-0.4, -0.2) is 30.3 Å². The second kappa shape index (κ2) is 8.42. The van der Waals surface area contributed by atoms with Crippen LogP contribution >= 0.6 is 11.6 Å². The van der Waals surface area contributed by atoms with Crippen molar-refractivity contribution < 1.29 is 22.7 Å². The van der Waals surface area contributed by atoms with E-state index in [0.29, 0.717) is 10.6 Å². The first-order chi connectivity index (χ1) is 11.8. The van der Waals surface area contributed by atoms with Gasteiger partial charge in [-0.05, 0) is 48.4 Å². The van der Waals surface area contributed by atoms with Crippen LogP contribution in [0, 0.1) is 5.82 Å². The molecule has 5 nitrogen and oxygen atoms in total. The average molecular weight is 386 g/mol.